The van der Waals surface area contributed by atoms with Gasteiger partial charge in [0.25, 0.3) is 5.91 Å². The monoisotopic (exact) mass is 263 g/mol. The molecule has 3 N–H and O–H groups in total. The maximum atomic E-state index is 11.5. The molecular weight excluding hydrogens is 250 g/mol. The van der Waals surface area contributed by atoms with Gasteiger partial charge in [-0.2, -0.15) is 0 Å². The van der Waals surface area contributed by atoms with Crippen LogP contribution in [-0.4, -0.2) is 24.6 Å². The van der Waals surface area contributed by atoms with Crippen molar-refractivity contribution in [1.29, 1.82) is 0 Å². The molecule has 1 heterocycles. The number of carbonyl (C=O) groups is 1. The molecule has 1 aromatic heterocycles. The van der Waals surface area contributed by atoms with Gasteiger partial charge in [0, 0.05) is 11.9 Å². The molecule has 1 amide bonds. The zero-order valence-corrected chi connectivity index (χ0v) is 10.6. The summed E-state index contributed by atoms with van der Waals surface area (Å²) in [6.07, 6.45) is 0. The highest BCUT2D eigenvalue weighted by atomic mass is 32.2. The van der Waals surface area contributed by atoms with Crippen molar-refractivity contribution in [2.45, 2.75) is 25.6 Å². The first-order chi connectivity index (χ1) is 7.36. The van der Waals surface area contributed by atoms with Crippen molar-refractivity contribution in [2.75, 3.05) is 0 Å². The van der Waals surface area contributed by atoms with E-state index in [1.54, 1.807) is 0 Å². The fourth-order valence-corrected chi connectivity index (χ4v) is 2.06. The Kier molecular flexibility index (Phi) is 4.00. The molecule has 0 saturated heterocycles. The summed E-state index contributed by atoms with van der Waals surface area (Å²) in [4.78, 5) is 15.4. The zero-order chi connectivity index (χ0) is 12.3. The second kappa shape index (κ2) is 4.89. The van der Waals surface area contributed by atoms with E-state index in [1.807, 2.05) is 4.72 Å². The number of carbonyl (C=O) groups excluding carboxylic acids is 1. The molecular formula is C8H13N3O3S2. The largest absolute Gasteiger partial charge is 0.325 e. The summed E-state index contributed by atoms with van der Waals surface area (Å²) in [5.74, 6) is -0.718. The third kappa shape index (κ3) is 3.00. The number of hydrogen-bond donors (Lipinski definition) is 2. The zero-order valence-electron chi connectivity index (χ0n) is 8.93. The molecule has 6 nitrogen and oxygen atoms in total. The lowest BCUT2D eigenvalue weighted by molar-refractivity contribution is 0.0977. The van der Waals surface area contributed by atoms with Crippen molar-refractivity contribution in [2.24, 2.45) is 5.73 Å². The standard InChI is InChI=1S/C8H13N3O3S2/c1-5(2)16(13,14)11-8(12)6-4-15-7(3-9)10-6/h4-5H,3,9H2,1-2H3,(H,11,12). The maximum absolute atomic E-state index is 11.5. The first-order valence-corrected chi connectivity index (χ1v) is 7.00. The van der Waals surface area contributed by atoms with Crippen LogP contribution in [0.4, 0.5) is 0 Å². The van der Waals surface area contributed by atoms with Crippen molar-refractivity contribution in [3.63, 3.8) is 0 Å². The Hall–Kier alpha value is -0.990. The molecule has 0 aliphatic carbocycles. The fourth-order valence-electron chi connectivity index (χ4n) is 0.808. The normalized spacial score (nSPS) is 11.8. The highest BCUT2D eigenvalue weighted by Crippen LogP contribution is 2.09. The van der Waals surface area contributed by atoms with Crippen molar-refractivity contribution in [1.82, 2.24) is 9.71 Å². The van der Waals surface area contributed by atoms with E-state index in [2.05, 4.69) is 4.98 Å². The Balaban J connectivity index is 2.81. The molecule has 0 fully saturated rings. The van der Waals surface area contributed by atoms with Crippen molar-refractivity contribution in [3.05, 3.63) is 16.1 Å². The third-order valence-electron chi connectivity index (χ3n) is 1.81. The molecule has 90 valence electrons. The Morgan fingerprint density at radius 3 is 2.69 bits per heavy atom. The molecule has 0 aliphatic rings. The van der Waals surface area contributed by atoms with E-state index in [0.29, 0.717) is 5.01 Å². The van der Waals surface area contributed by atoms with E-state index in [1.165, 1.54) is 30.6 Å². The lowest BCUT2D eigenvalue weighted by Crippen LogP contribution is -2.35. The van der Waals surface area contributed by atoms with Gasteiger partial charge < -0.3 is 5.73 Å². The molecule has 0 unspecified atom stereocenters. The maximum Gasteiger partial charge on any atom is 0.284 e. The number of thiazole rings is 1. The van der Waals surface area contributed by atoms with Gasteiger partial charge in [-0.05, 0) is 13.8 Å². The summed E-state index contributed by atoms with van der Waals surface area (Å²) < 4.78 is 24.8. The van der Waals surface area contributed by atoms with E-state index < -0.39 is 21.2 Å². The second-order valence-electron chi connectivity index (χ2n) is 3.36. The molecule has 1 aromatic rings. The summed E-state index contributed by atoms with van der Waals surface area (Å²) in [6, 6.07) is 0. The predicted octanol–water partition coefficient (Wildman–Crippen LogP) is 0.0698. The Morgan fingerprint density at radius 2 is 2.25 bits per heavy atom. The molecule has 0 bridgehead atoms. The number of nitrogens with one attached hydrogen (secondary N) is 1. The number of aromatic nitrogens is 1. The highest BCUT2D eigenvalue weighted by Gasteiger charge is 2.21. The van der Waals surface area contributed by atoms with E-state index in [4.69, 9.17) is 5.73 Å². The van der Waals surface area contributed by atoms with E-state index in [-0.39, 0.29) is 12.2 Å². The van der Waals surface area contributed by atoms with Gasteiger partial charge in [-0.25, -0.2) is 18.1 Å². The molecule has 0 saturated carbocycles. The predicted molar refractivity (Wildman–Crippen MR) is 61.5 cm³/mol. The molecule has 16 heavy (non-hydrogen) atoms. The van der Waals surface area contributed by atoms with E-state index in [9.17, 15) is 13.2 Å². The Bertz CT molecular complexity index is 478. The average molecular weight is 263 g/mol. The average Bonchev–Trinajstić information content (AvgIpc) is 2.64. The van der Waals surface area contributed by atoms with Crippen LogP contribution < -0.4 is 10.5 Å². The summed E-state index contributed by atoms with van der Waals surface area (Å²) in [5.41, 5.74) is 5.42. The Morgan fingerprint density at radius 1 is 1.62 bits per heavy atom. The first-order valence-electron chi connectivity index (χ1n) is 4.57. The molecule has 0 aliphatic heterocycles. The van der Waals surface area contributed by atoms with Gasteiger partial charge in [0.1, 0.15) is 10.7 Å². The van der Waals surface area contributed by atoms with Crippen LogP contribution in [0.2, 0.25) is 0 Å². The minimum atomic E-state index is -3.61. The van der Waals surface area contributed by atoms with Crippen LogP contribution in [0, 0.1) is 0 Å². The van der Waals surface area contributed by atoms with Crippen LogP contribution in [0.15, 0.2) is 5.38 Å². The van der Waals surface area contributed by atoms with Crippen molar-refractivity contribution in [3.8, 4) is 0 Å². The summed E-state index contributed by atoms with van der Waals surface area (Å²) in [6.45, 7) is 3.21. The van der Waals surface area contributed by atoms with Crippen molar-refractivity contribution < 1.29 is 13.2 Å². The molecule has 1 rings (SSSR count). The number of nitrogens with zero attached hydrogens (tertiary/aromatic N) is 1. The summed E-state index contributed by atoms with van der Waals surface area (Å²) >= 11 is 1.22. The van der Waals surface area contributed by atoms with Gasteiger partial charge in [0.15, 0.2) is 0 Å². The minimum Gasteiger partial charge on any atom is -0.325 e. The smallest absolute Gasteiger partial charge is 0.284 e. The van der Waals surface area contributed by atoms with Crippen molar-refractivity contribution >= 4 is 27.3 Å². The van der Waals surface area contributed by atoms with Crippen LogP contribution in [0.25, 0.3) is 0 Å². The lowest BCUT2D eigenvalue weighted by Gasteiger charge is -2.07. The summed E-state index contributed by atoms with van der Waals surface area (Å²) in [7, 11) is -3.61. The first kappa shape index (κ1) is 13.1. The number of sulfonamides is 1. The quantitative estimate of drug-likeness (QED) is 0.800. The van der Waals surface area contributed by atoms with Crippen LogP contribution >= 0.6 is 11.3 Å². The van der Waals surface area contributed by atoms with Gasteiger partial charge in [0.05, 0.1) is 5.25 Å². The molecule has 0 radical (unpaired) electrons. The van der Waals surface area contributed by atoms with Crippen LogP contribution in [-0.2, 0) is 16.6 Å². The van der Waals surface area contributed by atoms with Gasteiger partial charge >= 0.3 is 0 Å². The van der Waals surface area contributed by atoms with Crippen LogP contribution in [0.5, 0.6) is 0 Å². The summed E-state index contributed by atoms with van der Waals surface area (Å²) in [5, 5.41) is 1.41. The second-order valence-corrected chi connectivity index (χ2v) is 6.54. The Labute approximate surface area is 97.9 Å². The van der Waals surface area contributed by atoms with Gasteiger partial charge in [-0.1, -0.05) is 0 Å². The molecule has 8 heteroatoms. The molecule has 0 spiro atoms. The van der Waals surface area contributed by atoms with E-state index >= 15 is 0 Å². The lowest BCUT2D eigenvalue weighted by atomic mass is 10.5. The van der Waals surface area contributed by atoms with Gasteiger partial charge in [-0.3, -0.25) is 4.79 Å². The highest BCUT2D eigenvalue weighted by molar-refractivity contribution is 7.90. The van der Waals surface area contributed by atoms with Gasteiger partial charge in [-0.15, -0.1) is 11.3 Å². The molecule has 0 aromatic carbocycles. The number of hydrogen-bond acceptors (Lipinski definition) is 6. The fraction of sp³-hybridized carbons (Fsp3) is 0.500. The van der Waals surface area contributed by atoms with E-state index in [0.717, 1.165) is 0 Å². The third-order valence-corrected chi connectivity index (χ3v) is 4.40. The van der Waals surface area contributed by atoms with Gasteiger partial charge in [0.2, 0.25) is 10.0 Å². The minimum absolute atomic E-state index is 0.0784. The SMILES string of the molecule is CC(C)S(=O)(=O)NC(=O)c1csc(CN)n1. The number of rotatable bonds is 4. The topological polar surface area (TPSA) is 102 Å². The molecule has 0 atom stereocenters. The van der Waals surface area contributed by atoms with Crippen LogP contribution in [0.1, 0.15) is 29.3 Å². The number of amides is 1. The number of nitrogens with two attached hydrogens (primary N) is 1. The van der Waals surface area contributed by atoms with Crippen LogP contribution in [0.3, 0.4) is 0 Å².